The number of imidazole rings is 1. The first-order valence-corrected chi connectivity index (χ1v) is 9.32. The zero-order chi connectivity index (χ0) is 20.8. The van der Waals surface area contributed by atoms with Crippen LogP contribution in [-0.4, -0.2) is 32.5 Å². The number of H-pyrrole nitrogens is 1. The molecule has 0 atom stereocenters. The van der Waals surface area contributed by atoms with Crippen molar-refractivity contribution in [2.75, 3.05) is 17.2 Å². The molecule has 0 saturated carbocycles. The van der Waals surface area contributed by atoms with Crippen LogP contribution in [0.25, 0.3) is 10.9 Å². The Balaban J connectivity index is 1.48. The Hall–Kier alpha value is -4.38. The molecule has 0 fully saturated rings. The van der Waals surface area contributed by atoms with Crippen molar-refractivity contribution in [1.82, 2.24) is 25.3 Å². The first-order valence-electron chi connectivity index (χ1n) is 9.32. The van der Waals surface area contributed by atoms with Crippen LogP contribution < -0.4 is 16.0 Å². The molecule has 0 aliphatic heterocycles. The van der Waals surface area contributed by atoms with Gasteiger partial charge in [0.1, 0.15) is 12.1 Å². The number of amides is 2. The van der Waals surface area contributed by atoms with Gasteiger partial charge in [0.15, 0.2) is 0 Å². The van der Waals surface area contributed by atoms with Gasteiger partial charge in [0, 0.05) is 47.2 Å². The SMILES string of the molecule is C#Cc1cccc(Nc2ncnc3ccc(NC(=O)NCCc4cnc[nH]4)cc23)c1. The van der Waals surface area contributed by atoms with Crippen molar-refractivity contribution in [1.29, 1.82) is 0 Å². The maximum Gasteiger partial charge on any atom is 0.319 e. The average Bonchev–Trinajstić information content (AvgIpc) is 3.28. The molecule has 8 heteroatoms. The number of hydrogen-bond donors (Lipinski definition) is 4. The van der Waals surface area contributed by atoms with Gasteiger partial charge in [-0.15, -0.1) is 6.42 Å². The summed E-state index contributed by atoms with van der Waals surface area (Å²) < 4.78 is 0. The summed E-state index contributed by atoms with van der Waals surface area (Å²) >= 11 is 0. The van der Waals surface area contributed by atoms with Gasteiger partial charge in [-0.05, 0) is 36.4 Å². The fraction of sp³-hybridized carbons (Fsp3) is 0.0909. The summed E-state index contributed by atoms with van der Waals surface area (Å²) in [6, 6.07) is 12.7. The van der Waals surface area contributed by atoms with E-state index in [9.17, 15) is 4.79 Å². The van der Waals surface area contributed by atoms with Crippen molar-refractivity contribution in [3.05, 3.63) is 72.6 Å². The lowest BCUT2D eigenvalue weighted by molar-refractivity contribution is 0.252. The standard InChI is InChI=1S/C22H19N7O/c1-2-15-4-3-5-16(10-15)28-21-19-11-17(6-7-20(19)26-14-27-21)29-22(30)24-9-8-18-12-23-13-25-18/h1,3-7,10-14H,8-9H2,(H,23,25)(H2,24,29,30)(H,26,27,28). The molecule has 2 heterocycles. The first-order chi connectivity index (χ1) is 14.7. The van der Waals surface area contributed by atoms with Gasteiger partial charge in [0.05, 0.1) is 11.8 Å². The topological polar surface area (TPSA) is 108 Å². The third kappa shape index (κ3) is 4.54. The maximum atomic E-state index is 12.2. The van der Waals surface area contributed by atoms with Crippen LogP contribution in [0.5, 0.6) is 0 Å². The highest BCUT2D eigenvalue weighted by molar-refractivity contribution is 5.96. The summed E-state index contributed by atoms with van der Waals surface area (Å²) in [5.74, 6) is 3.24. The number of fused-ring (bicyclic) bond motifs is 1. The number of carbonyl (C=O) groups excluding carboxylic acids is 1. The second-order valence-electron chi connectivity index (χ2n) is 6.51. The Morgan fingerprint density at radius 1 is 1.13 bits per heavy atom. The minimum absolute atomic E-state index is 0.290. The van der Waals surface area contributed by atoms with Crippen molar-refractivity contribution in [3.63, 3.8) is 0 Å². The molecule has 0 radical (unpaired) electrons. The van der Waals surface area contributed by atoms with E-state index < -0.39 is 0 Å². The van der Waals surface area contributed by atoms with Crippen LogP contribution in [0.3, 0.4) is 0 Å². The van der Waals surface area contributed by atoms with Gasteiger partial charge in [0.2, 0.25) is 0 Å². The van der Waals surface area contributed by atoms with Crippen LogP contribution >= 0.6 is 0 Å². The summed E-state index contributed by atoms with van der Waals surface area (Å²) in [7, 11) is 0. The Kier molecular flexibility index (Phi) is 5.53. The van der Waals surface area contributed by atoms with Crippen molar-refractivity contribution >= 4 is 34.1 Å². The van der Waals surface area contributed by atoms with E-state index in [-0.39, 0.29) is 6.03 Å². The molecule has 0 aliphatic carbocycles. The molecule has 0 bridgehead atoms. The highest BCUT2D eigenvalue weighted by Gasteiger charge is 2.08. The lowest BCUT2D eigenvalue weighted by Gasteiger charge is -2.11. The number of urea groups is 1. The number of anilines is 3. The van der Waals surface area contributed by atoms with Crippen molar-refractivity contribution in [2.45, 2.75) is 6.42 Å². The minimum Gasteiger partial charge on any atom is -0.348 e. The van der Waals surface area contributed by atoms with Crippen LogP contribution in [0.1, 0.15) is 11.3 Å². The number of rotatable bonds is 6. The summed E-state index contributed by atoms with van der Waals surface area (Å²) in [6.07, 6.45) is 11.0. The number of nitrogens with one attached hydrogen (secondary N) is 4. The molecule has 0 unspecified atom stereocenters. The highest BCUT2D eigenvalue weighted by atomic mass is 16.2. The third-order valence-corrected chi connectivity index (χ3v) is 4.42. The third-order valence-electron chi connectivity index (χ3n) is 4.42. The monoisotopic (exact) mass is 397 g/mol. The van der Waals surface area contributed by atoms with E-state index in [1.807, 2.05) is 36.4 Å². The molecule has 2 aromatic carbocycles. The van der Waals surface area contributed by atoms with Gasteiger partial charge >= 0.3 is 6.03 Å². The molecule has 30 heavy (non-hydrogen) atoms. The van der Waals surface area contributed by atoms with E-state index >= 15 is 0 Å². The van der Waals surface area contributed by atoms with Gasteiger partial charge in [-0.25, -0.2) is 19.7 Å². The predicted octanol–water partition coefficient (Wildman–Crippen LogP) is 3.44. The molecule has 4 N–H and O–H groups in total. The first kappa shape index (κ1) is 19.0. The molecule has 8 nitrogen and oxygen atoms in total. The number of aromatic nitrogens is 4. The van der Waals surface area contributed by atoms with Crippen LogP contribution in [0.15, 0.2) is 61.3 Å². The Labute approximate surface area is 173 Å². The number of hydrogen-bond acceptors (Lipinski definition) is 5. The van der Waals surface area contributed by atoms with E-state index in [0.29, 0.717) is 24.5 Å². The molecule has 2 aromatic heterocycles. The van der Waals surface area contributed by atoms with E-state index in [2.05, 4.69) is 41.8 Å². The van der Waals surface area contributed by atoms with Gasteiger partial charge in [0.25, 0.3) is 0 Å². The number of terminal acetylenes is 1. The van der Waals surface area contributed by atoms with Gasteiger partial charge in [-0.3, -0.25) is 0 Å². The second kappa shape index (κ2) is 8.75. The van der Waals surface area contributed by atoms with Crippen molar-refractivity contribution < 1.29 is 4.79 Å². The molecule has 0 spiro atoms. The van der Waals surface area contributed by atoms with Gasteiger partial charge in [-0.1, -0.05) is 12.0 Å². The molecule has 0 aliphatic rings. The van der Waals surface area contributed by atoms with Crippen LogP contribution in [-0.2, 0) is 6.42 Å². The summed E-state index contributed by atoms with van der Waals surface area (Å²) in [6.45, 7) is 0.489. The fourth-order valence-corrected chi connectivity index (χ4v) is 2.96. The molecular weight excluding hydrogens is 378 g/mol. The lowest BCUT2D eigenvalue weighted by atomic mass is 10.2. The number of benzene rings is 2. The Bertz CT molecular complexity index is 1210. The van der Waals surface area contributed by atoms with Gasteiger partial charge in [-0.2, -0.15) is 0 Å². The summed E-state index contributed by atoms with van der Waals surface area (Å²) in [5.41, 5.74) is 3.94. The molecule has 148 valence electrons. The highest BCUT2D eigenvalue weighted by Crippen LogP contribution is 2.26. The van der Waals surface area contributed by atoms with Crippen LogP contribution in [0.2, 0.25) is 0 Å². The lowest BCUT2D eigenvalue weighted by Crippen LogP contribution is -2.30. The summed E-state index contributed by atoms with van der Waals surface area (Å²) in [4.78, 5) is 27.8. The average molecular weight is 397 g/mol. The quantitative estimate of drug-likeness (QED) is 0.373. The molecule has 4 aromatic rings. The Morgan fingerprint density at radius 2 is 2.07 bits per heavy atom. The maximum absolute atomic E-state index is 12.2. The second-order valence-corrected chi connectivity index (χ2v) is 6.51. The van der Waals surface area contributed by atoms with E-state index in [1.54, 1.807) is 18.6 Å². The molecule has 4 rings (SSSR count). The van der Waals surface area contributed by atoms with E-state index in [0.717, 1.165) is 27.8 Å². The fourth-order valence-electron chi connectivity index (χ4n) is 2.96. The molecular formula is C22H19N7O. The zero-order valence-corrected chi connectivity index (χ0v) is 16.0. The molecule has 2 amide bonds. The largest absolute Gasteiger partial charge is 0.348 e. The predicted molar refractivity (Wildman–Crippen MR) is 117 cm³/mol. The van der Waals surface area contributed by atoms with Crippen LogP contribution in [0, 0.1) is 12.3 Å². The smallest absolute Gasteiger partial charge is 0.319 e. The summed E-state index contributed by atoms with van der Waals surface area (Å²) in [5, 5.41) is 9.70. The Morgan fingerprint density at radius 3 is 2.90 bits per heavy atom. The van der Waals surface area contributed by atoms with Crippen molar-refractivity contribution in [2.24, 2.45) is 0 Å². The number of nitrogens with zero attached hydrogens (tertiary/aromatic N) is 3. The molecule has 0 saturated heterocycles. The number of aromatic amines is 1. The van der Waals surface area contributed by atoms with Crippen molar-refractivity contribution in [3.8, 4) is 12.3 Å². The minimum atomic E-state index is -0.290. The zero-order valence-electron chi connectivity index (χ0n) is 16.0. The normalized spacial score (nSPS) is 10.4. The number of carbonyl (C=O) groups is 1. The van der Waals surface area contributed by atoms with Crippen LogP contribution in [0.4, 0.5) is 22.0 Å². The van der Waals surface area contributed by atoms with E-state index in [4.69, 9.17) is 6.42 Å². The van der Waals surface area contributed by atoms with E-state index in [1.165, 1.54) is 6.33 Å². The van der Waals surface area contributed by atoms with Gasteiger partial charge < -0.3 is 20.9 Å².